The third-order valence-corrected chi connectivity index (χ3v) is 4.04. The van der Waals surface area contributed by atoms with Gasteiger partial charge in [0.15, 0.2) is 6.61 Å². The maximum atomic E-state index is 13.2. The van der Waals surface area contributed by atoms with Gasteiger partial charge in [0.2, 0.25) is 5.91 Å². The number of benzene rings is 2. The van der Waals surface area contributed by atoms with E-state index >= 15 is 0 Å². The van der Waals surface area contributed by atoms with E-state index < -0.39 is 11.6 Å². The molecule has 0 aliphatic heterocycles. The first-order valence-electron chi connectivity index (χ1n) is 9.19. The summed E-state index contributed by atoms with van der Waals surface area (Å²) in [6.45, 7) is 7.28. The normalized spacial score (nSPS) is 12.2. The summed E-state index contributed by atoms with van der Waals surface area (Å²) in [5.74, 6) is -0.371. The molecular weight excluding hydrogens is 359 g/mol. The van der Waals surface area contributed by atoms with Crippen LogP contribution in [0.25, 0.3) is 0 Å². The van der Waals surface area contributed by atoms with Gasteiger partial charge in [0.25, 0.3) is 5.91 Å². The summed E-state index contributed by atoms with van der Waals surface area (Å²) in [6, 6.07) is 14.2. The SMILES string of the molecule is CC(C(=O)NC(C)(C)C)N(Cc1ccc(F)cc1)C(=O)COc1ccccc1. The second kappa shape index (κ2) is 9.35. The van der Waals surface area contributed by atoms with Gasteiger partial charge in [-0.1, -0.05) is 30.3 Å². The Balaban J connectivity index is 2.15. The van der Waals surface area contributed by atoms with Crippen molar-refractivity contribution in [3.05, 3.63) is 66.0 Å². The number of hydrogen-bond acceptors (Lipinski definition) is 3. The van der Waals surface area contributed by atoms with Gasteiger partial charge in [-0.3, -0.25) is 9.59 Å². The Morgan fingerprint density at radius 3 is 2.25 bits per heavy atom. The summed E-state index contributed by atoms with van der Waals surface area (Å²) in [4.78, 5) is 26.9. The molecule has 2 rings (SSSR count). The molecule has 28 heavy (non-hydrogen) atoms. The van der Waals surface area contributed by atoms with E-state index in [0.717, 1.165) is 5.56 Å². The molecule has 6 heteroatoms. The molecule has 0 spiro atoms. The van der Waals surface area contributed by atoms with Crippen LogP contribution in [0.2, 0.25) is 0 Å². The van der Waals surface area contributed by atoms with E-state index in [2.05, 4.69) is 5.32 Å². The fourth-order valence-electron chi connectivity index (χ4n) is 2.59. The molecule has 0 heterocycles. The summed E-state index contributed by atoms with van der Waals surface area (Å²) in [6.07, 6.45) is 0. The maximum Gasteiger partial charge on any atom is 0.261 e. The second-order valence-electron chi connectivity index (χ2n) is 7.67. The van der Waals surface area contributed by atoms with Gasteiger partial charge < -0.3 is 15.0 Å². The van der Waals surface area contributed by atoms with Gasteiger partial charge in [-0.05, 0) is 57.5 Å². The molecule has 0 radical (unpaired) electrons. The second-order valence-corrected chi connectivity index (χ2v) is 7.67. The fourth-order valence-corrected chi connectivity index (χ4v) is 2.59. The molecule has 0 bridgehead atoms. The molecule has 2 amide bonds. The van der Waals surface area contributed by atoms with Gasteiger partial charge in [-0.15, -0.1) is 0 Å². The molecule has 2 aromatic carbocycles. The van der Waals surface area contributed by atoms with E-state index in [-0.39, 0.29) is 30.8 Å². The molecule has 1 unspecified atom stereocenters. The monoisotopic (exact) mass is 386 g/mol. The Kier molecular flexibility index (Phi) is 7.15. The van der Waals surface area contributed by atoms with E-state index in [0.29, 0.717) is 5.75 Å². The van der Waals surface area contributed by atoms with Crippen molar-refractivity contribution in [1.29, 1.82) is 0 Å². The molecule has 0 aromatic heterocycles. The molecule has 5 nitrogen and oxygen atoms in total. The van der Waals surface area contributed by atoms with Gasteiger partial charge in [0, 0.05) is 12.1 Å². The van der Waals surface area contributed by atoms with E-state index in [1.165, 1.54) is 17.0 Å². The topological polar surface area (TPSA) is 58.6 Å². The largest absolute Gasteiger partial charge is 0.484 e. The zero-order valence-corrected chi connectivity index (χ0v) is 16.7. The van der Waals surface area contributed by atoms with Crippen LogP contribution in [0.4, 0.5) is 4.39 Å². The van der Waals surface area contributed by atoms with Gasteiger partial charge in [0.1, 0.15) is 17.6 Å². The van der Waals surface area contributed by atoms with Crippen molar-refractivity contribution < 1.29 is 18.7 Å². The lowest BCUT2D eigenvalue weighted by molar-refractivity contribution is -0.142. The summed E-state index contributed by atoms with van der Waals surface area (Å²) >= 11 is 0. The minimum atomic E-state index is -0.712. The van der Waals surface area contributed by atoms with E-state index in [1.807, 2.05) is 39.0 Å². The molecule has 0 aliphatic rings. The van der Waals surface area contributed by atoms with Crippen LogP contribution >= 0.6 is 0 Å². The first kappa shape index (κ1) is 21.4. The van der Waals surface area contributed by atoms with Crippen LogP contribution in [-0.2, 0) is 16.1 Å². The van der Waals surface area contributed by atoms with Crippen LogP contribution in [0.15, 0.2) is 54.6 Å². The number of ether oxygens (including phenoxy) is 1. The van der Waals surface area contributed by atoms with Crippen molar-refractivity contribution in [2.45, 2.75) is 45.8 Å². The number of rotatable bonds is 7. The highest BCUT2D eigenvalue weighted by molar-refractivity contribution is 5.88. The number of nitrogens with one attached hydrogen (secondary N) is 1. The highest BCUT2D eigenvalue weighted by Crippen LogP contribution is 2.14. The van der Waals surface area contributed by atoms with E-state index in [1.54, 1.807) is 31.2 Å². The number of carbonyl (C=O) groups excluding carboxylic acids is 2. The van der Waals surface area contributed by atoms with Crippen molar-refractivity contribution in [3.8, 4) is 5.75 Å². The predicted octanol–water partition coefficient (Wildman–Crippen LogP) is 3.54. The molecule has 0 aliphatic carbocycles. The Hall–Kier alpha value is -2.89. The van der Waals surface area contributed by atoms with Crippen LogP contribution in [0, 0.1) is 5.82 Å². The van der Waals surface area contributed by atoms with Gasteiger partial charge in [-0.25, -0.2) is 4.39 Å². The molecule has 150 valence electrons. The average Bonchev–Trinajstić information content (AvgIpc) is 2.64. The highest BCUT2D eigenvalue weighted by Gasteiger charge is 2.28. The Morgan fingerprint density at radius 2 is 1.68 bits per heavy atom. The molecule has 1 N–H and O–H groups in total. The van der Waals surface area contributed by atoms with Crippen LogP contribution in [0.3, 0.4) is 0 Å². The number of nitrogens with zero attached hydrogens (tertiary/aromatic N) is 1. The highest BCUT2D eigenvalue weighted by atomic mass is 19.1. The quantitative estimate of drug-likeness (QED) is 0.792. The first-order chi connectivity index (χ1) is 13.2. The lowest BCUT2D eigenvalue weighted by Gasteiger charge is -2.31. The van der Waals surface area contributed by atoms with Crippen molar-refractivity contribution in [1.82, 2.24) is 10.2 Å². The number of amides is 2. The number of para-hydroxylation sites is 1. The molecule has 2 aromatic rings. The van der Waals surface area contributed by atoms with Crippen molar-refractivity contribution in [2.75, 3.05) is 6.61 Å². The van der Waals surface area contributed by atoms with Gasteiger partial charge >= 0.3 is 0 Å². The zero-order chi connectivity index (χ0) is 20.7. The average molecular weight is 386 g/mol. The number of halogens is 1. The summed E-state index contributed by atoms with van der Waals surface area (Å²) < 4.78 is 18.8. The molecular formula is C22H27FN2O3. The van der Waals surface area contributed by atoms with E-state index in [9.17, 15) is 14.0 Å². The summed E-state index contributed by atoms with van der Waals surface area (Å²) in [5, 5.41) is 2.89. The van der Waals surface area contributed by atoms with Gasteiger partial charge in [0.05, 0.1) is 0 Å². The lowest BCUT2D eigenvalue weighted by Crippen LogP contribution is -2.53. The Morgan fingerprint density at radius 1 is 1.07 bits per heavy atom. The number of carbonyl (C=O) groups is 2. The standard InChI is InChI=1S/C22H27FN2O3/c1-16(21(27)24-22(2,3)4)25(14-17-10-12-18(23)13-11-17)20(26)15-28-19-8-6-5-7-9-19/h5-13,16H,14-15H2,1-4H3,(H,24,27). The minimum absolute atomic E-state index is 0.177. The van der Waals surface area contributed by atoms with Crippen LogP contribution in [-0.4, -0.2) is 34.9 Å². The summed E-state index contributed by atoms with van der Waals surface area (Å²) in [5.41, 5.74) is 0.307. The third-order valence-electron chi connectivity index (χ3n) is 4.04. The maximum absolute atomic E-state index is 13.2. The molecule has 0 fully saturated rings. The Bertz CT molecular complexity index is 786. The first-order valence-corrected chi connectivity index (χ1v) is 9.19. The van der Waals surface area contributed by atoms with Crippen molar-refractivity contribution in [2.24, 2.45) is 0 Å². The van der Waals surface area contributed by atoms with Crippen LogP contribution in [0.1, 0.15) is 33.3 Å². The minimum Gasteiger partial charge on any atom is -0.484 e. The zero-order valence-electron chi connectivity index (χ0n) is 16.7. The fraction of sp³-hybridized carbons (Fsp3) is 0.364. The van der Waals surface area contributed by atoms with Crippen molar-refractivity contribution >= 4 is 11.8 Å². The van der Waals surface area contributed by atoms with Crippen LogP contribution in [0.5, 0.6) is 5.75 Å². The van der Waals surface area contributed by atoms with Crippen molar-refractivity contribution in [3.63, 3.8) is 0 Å². The lowest BCUT2D eigenvalue weighted by atomic mass is 10.1. The number of hydrogen-bond donors (Lipinski definition) is 1. The third kappa shape index (κ3) is 6.68. The van der Waals surface area contributed by atoms with Crippen LogP contribution < -0.4 is 10.1 Å². The predicted molar refractivity (Wildman–Crippen MR) is 106 cm³/mol. The summed E-state index contributed by atoms with van der Waals surface area (Å²) in [7, 11) is 0. The van der Waals surface area contributed by atoms with E-state index in [4.69, 9.17) is 4.74 Å². The Labute approximate surface area is 165 Å². The van der Waals surface area contributed by atoms with Gasteiger partial charge in [-0.2, -0.15) is 0 Å². The smallest absolute Gasteiger partial charge is 0.261 e. The molecule has 0 saturated carbocycles. The molecule has 1 atom stereocenters. The molecule has 0 saturated heterocycles.